The Hall–Kier alpha value is -1.51. The summed E-state index contributed by atoms with van der Waals surface area (Å²) < 4.78 is 0. The first-order valence-corrected chi connectivity index (χ1v) is 6.36. The molecule has 17 heavy (non-hydrogen) atoms. The quantitative estimate of drug-likeness (QED) is 0.621. The van der Waals surface area contributed by atoms with Crippen molar-refractivity contribution in [3.63, 3.8) is 0 Å². The van der Waals surface area contributed by atoms with Crippen molar-refractivity contribution in [3.8, 4) is 0 Å². The van der Waals surface area contributed by atoms with Crippen LogP contribution in [0.15, 0.2) is 24.3 Å². The van der Waals surface area contributed by atoms with E-state index in [1.165, 1.54) is 37.8 Å². The third kappa shape index (κ3) is 2.78. The Morgan fingerprint density at radius 1 is 1.29 bits per heavy atom. The van der Waals surface area contributed by atoms with Gasteiger partial charge < -0.3 is 10.6 Å². The SMILES string of the molecule is CN(c1cccc(C(=N)N)c1)C1CCCCC1. The monoisotopic (exact) mass is 231 g/mol. The Kier molecular flexibility index (Phi) is 3.67. The molecule has 0 amide bonds. The van der Waals surface area contributed by atoms with Crippen molar-refractivity contribution in [3.05, 3.63) is 29.8 Å². The van der Waals surface area contributed by atoms with E-state index in [2.05, 4.69) is 18.0 Å². The van der Waals surface area contributed by atoms with Gasteiger partial charge in [0.05, 0.1) is 0 Å². The van der Waals surface area contributed by atoms with Crippen LogP contribution in [-0.4, -0.2) is 18.9 Å². The maximum Gasteiger partial charge on any atom is 0.122 e. The van der Waals surface area contributed by atoms with E-state index < -0.39 is 0 Å². The zero-order valence-electron chi connectivity index (χ0n) is 10.4. The lowest BCUT2D eigenvalue weighted by atomic mass is 9.94. The zero-order valence-corrected chi connectivity index (χ0v) is 10.4. The molecule has 1 aromatic carbocycles. The van der Waals surface area contributed by atoms with Crippen molar-refractivity contribution >= 4 is 11.5 Å². The average molecular weight is 231 g/mol. The van der Waals surface area contributed by atoms with Crippen molar-refractivity contribution in [1.82, 2.24) is 0 Å². The molecule has 92 valence electrons. The minimum atomic E-state index is 0.142. The topological polar surface area (TPSA) is 53.1 Å². The normalized spacial score (nSPS) is 16.8. The van der Waals surface area contributed by atoms with Crippen LogP contribution in [0.25, 0.3) is 0 Å². The maximum absolute atomic E-state index is 7.48. The van der Waals surface area contributed by atoms with Crippen LogP contribution in [0.1, 0.15) is 37.7 Å². The summed E-state index contributed by atoms with van der Waals surface area (Å²) in [5.41, 5.74) is 7.51. The molecule has 0 bridgehead atoms. The van der Waals surface area contributed by atoms with Gasteiger partial charge in [-0.15, -0.1) is 0 Å². The van der Waals surface area contributed by atoms with Crippen molar-refractivity contribution < 1.29 is 0 Å². The lowest BCUT2D eigenvalue weighted by molar-refractivity contribution is 0.427. The third-order valence-corrected chi connectivity index (χ3v) is 3.69. The number of nitrogen functional groups attached to an aromatic ring is 1. The summed E-state index contributed by atoms with van der Waals surface area (Å²) in [6.07, 6.45) is 6.60. The molecular formula is C14H21N3. The summed E-state index contributed by atoms with van der Waals surface area (Å²) in [5.74, 6) is 0.142. The Bertz CT molecular complexity index is 394. The van der Waals surface area contributed by atoms with Crippen molar-refractivity contribution in [1.29, 1.82) is 5.41 Å². The largest absolute Gasteiger partial charge is 0.384 e. The maximum atomic E-state index is 7.48. The second-order valence-electron chi connectivity index (χ2n) is 4.87. The van der Waals surface area contributed by atoms with Gasteiger partial charge in [0, 0.05) is 24.3 Å². The highest BCUT2D eigenvalue weighted by Crippen LogP contribution is 2.26. The lowest BCUT2D eigenvalue weighted by Crippen LogP contribution is -2.33. The van der Waals surface area contributed by atoms with Crippen molar-refractivity contribution in [2.24, 2.45) is 5.73 Å². The number of anilines is 1. The second kappa shape index (κ2) is 5.21. The van der Waals surface area contributed by atoms with Gasteiger partial charge in [-0.3, -0.25) is 5.41 Å². The first-order chi connectivity index (χ1) is 8.18. The van der Waals surface area contributed by atoms with E-state index >= 15 is 0 Å². The molecule has 3 nitrogen and oxygen atoms in total. The van der Waals surface area contributed by atoms with Gasteiger partial charge in [-0.05, 0) is 25.0 Å². The van der Waals surface area contributed by atoms with Crippen LogP contribution in [0.4, 0.5) is 5.69 Å². The molecule has 0 atom stereocenters. The first-order valence-electron chi connectivity index (χ1n) is 6.36. The minimum Gasteiger partial charge on any atom is -0.384 e. The first kappa shape index (κ1) is 12.0. The molecule has 1 aliphatic rings. The number of nitrogens with two attached hydrogens (primary N) is 1. The number of nitrogens with zero attached hydrogens (tertiary/aromatic N) is 1. The number of nitrogens with one attached hydrogen (secondary N) is 1. The van der Waals surface area contributed by atoms with Gasteiger partial charge >= 0.3 is 0 Å². The molecule has 0 spiro atoms. The van der Waals surface area contributed by atoms with Gasteiger partial charge in [0.25, 0.3) is 0 Å². The van der Waals surface area contributed by atoms with Crippen LogP contribution < -0.4 is 10.6 Å². The van der Waals surface area contributed by atoms with Crippen LogP contribution in [0.5, 0.6) is 0 Å². The van der Waals surface area contributed by atoms with Gasteiger partial charge in [0.1, 0.15) is 5.84 Å². The van der Waals surface area contributed by atoms with E-state index in [0.29, 0.717) is 6.04 Å². The van der Waals surface area contributed by atoms with Gasteiger partial charge in [-0.25, -0.2) is 0 Å². The molecule has 0 radical (unpaired) electrons. The Morgan fingerprint density at radius 3 is 2.65 bits per heavy atom. The zero-order chi connectivity index (χ0) is 12.3. The molecule has 0 unspecified atom stereocenters. The molecular weight excluding hydrogens is 210 g/mol. The Morgan fingerprint density at radius 2 is 2.00 bits per heavy atom. The number of benzene rings is 1. The van der Waals surface area contributed by atoms with Crippen molar-refractivity contribution in [2.75, 3.05) is 11.9 Å². The summed E-state index contributed by atoms with van der Waals surface area (Å²) in [4.78, 5) is 2.34. The van der Waals surface area contributed by atoms with E-state index in [1.54, 1.807) is 0 Å². The molecule has 1 fully saturated rings. The summed E-state index contributed by atoms with van der Waals surface area (Å²) in [5, 5.41) is 7.48. The standard InChI is InChI=1S/C14H21N3/c1-17(12-7-3-2-4-8-12)13-9-5-6-11(10-13)14(15)16/h5-6,9-10,12H,2-4,7-8H2,1H3,(H3,15,16). The number of rotatable bonds is 3. The Labute approximate surface area is 103 Å². The fourth-order valence-corrected chi connectivity index (χ4v) is 2.57. The van der Waals surface area contributed by atoms with E-state index in [1.807, 2.05) is 18.2 Å². The summed E-state index contributed by atoms with van der Waals surface area (Å²) in [6.45, 7) is 0. The van der Waals surface area contributed by atoms with Crippen LogP contribution in [0, 0.1) is 5.41 Å². The van der Waals surface area contributed by atoms with Crippen LogP contribution in [0.3, 0.4) is 0 Å². The molecule has 3 heteroatoms. The highest BCUT2D eigenvalue weighted by atomic mass is 15.1. The third-order valence-electron chi connectivity index (χ3n) is 3.69. The molecule has 0 aromatic heterocycles. The van der Waals surface area contributed by atoms with Gasteiger partial charge in [-0.2, -0.15) is 0 Å². The van der Waals surface area contributed by atoms with Gasteiger partial charge in [0.2, 0.25) is 0 Å². The minimum absolute atomic E-state index is 0.142. The number of amidine groups is 1. The van der Waals surface area contributed by atoms with Gasteiger partial charge in [0.15, 0.2) is 0 Å². The Balaban J connectivity index is 2.14. The lowest BCUT2D eigenvalue weighted by Gasteiger charge is -2.33. The summed E-state index contributed by atoms with van der Waals surface area (Å²) >= 11 is 0. The van der Waals surface area contributed by atoms with E-state index in [9.17, 15) is 0 Å². The summed E-state index contributed by atoms with van der Waals surface area (Å²) in [7, 11) is 2.15. The van der Waals surface area contributed by atoms with E-state index in [0.717, 1.165) is 5.56 Å². The molecule has 1 aromatic rings. The van der Waals surface area contributed by atoms with Crippen LogP contribution in [-0.2, 0) is 0 Å². The second-order valence-corrected chi connectivity index (χ2v) is 4.87. The molecule has 1 aliphatic carbocycles. The fraction of sp³-hybridized carbons (Fsp3) is 0.500. The molecule has 1 saturated carbocycles. The molecule has 0 aliphatic heterocycles. The van der Waals surface area contributed by atoms with Crippen LogP contribution >= 0.6 is 0 Å². The number of hydrogen-bond donors (Lipinski definition) is 2. The highest BCUT2D eigenvalue weighted by Gasteiger charge is 2.18. The number of hydrogen-bond acceptors (Lipinski definition) is 2. The molecule has 0 heterocycles. The van der Waals surface area contributed by atoms with Crippen LogP contribution in [0.2, 0.25) is 0 Å². The molecule has 0 saturated heterocycles. The summed E-state index contributed by atoms with van der Waals surface area (Å²) in [6, 6.07) is 8.62. The van der Waals surface area contributed by atoms with Crippen molar-refractivity contribution in [2.45, 2.75) is 38.1 Å². The van der Waals surface area contributed by atoms with E-state index in [-0.39, 0.29) is 5.84 Å². The molecule has 3 N–H and O–H groups in total. The smallest absolute Gasteiger partial charge is 0.122 e. The van der Waals surface area contributed by atoms with E-state index in [4.69, 9.17) is 11.1 Å². The molecule has 2 rings (SSSR count). The highest BCUT2D eigenvalue weighted by molar-refractivity contribution is 5.95. The predicted molar refractivity (Wildman–Crippen MR) is 72.7 cm³/mol. The van der Waals surface area contributed by atoms with Gasteiger partial charge in [-0.1, -0.05) is 31.4 Å². The average Bonchev–Trinajstić information content (AvgIpc) is 2.39. The predicted octanol–water partition coefficient (Wildman–Crippen LogP) is 2.74. The fourth-order valence-electron chi connectivity index (χ4n) is 2.57.